The second kappa shape index (κ2) is 6.85. The van der Waals surface area contributed by atoms with Gasteiger partial charge in [-0.3, -0.25) is 4.79 Å². The smallest absolute Gasteiger partial charge is 0.305 e. The minimum Gasteiger partial charge on any atom is -0.481 e. The maximum absolute atomic E-state index is 13.5. The molecule has 0 bridgehead atoms. The van der Waals surface area contributed by atoms with Crippen LogP contribution in [0.15, 0.2) is 41.3 Å². The molecule has 1 atom stereocenters. The van der Waals surface area contributed by atoms with Crippen LogP contribution in [0.5, 0.6) is 0 Å². The molecule has 0 radical (unpaired) electrons. The highest BCUT2D eigenvalue weighted by molar-refractivity contribution is 7.89. The fraction of sp³-hybridized carbons (Fsp3) is 0.350. The van der Waals surface area contributed by atoms with E-state index < -0.39 is 22.0 Å². The molecule has 6 heteroatoms. The van der Waals surface area contributed by atoms with Crippen molar-refractivity contribution in [3.63, 3.8) is 0 Å². The van der Waals surface area contributed by atoms with Gasteiger partial charge in [0.2, 0.25) is 10.0 Å². The van der Waals surface area contributed by atoms with Gasteiger partial charge in [0.25, 0.3) is 0 Å². The van der Waals surface area contributed by atoms with Crippen molar-refractivity contribution in [1.82, 2.24) is 4.31 Å². The average Bonchev–Trinajstić information content (AvgIpc) is 2.53. The van der Waals surface area contributed by atoms with Crippen LogP contribution in [0.4, 0.5) is 0 Å². The van der Waals surface area contributed by atoms with Gasteiger partial charge in [-0.1, -0.05) is 42.0 Å². The number of carboxylic acid groups (broad SMARTS) is 1. The van der Waals surface area contributed by atoms with E-state index in [2.05, 4.69) is 0 Å². The summed E-state index contributed by atoms with van der Waals surface area (Å²) in [4.78, 5) is 11.7. The van der Waals surface area contributed by atoms with Gasteiger partial charge in [0.05, 0.1) is 17.4 Å². The third kappa shape index (κ3) is 3.27. The maximum Gasteiger partial charge on any atom is 0.305 e. The fourth-order valence-electron chi connectivity index (χ4n) is 3.98. The lowest BCUT2D eigenvalue weighted by atomic mass is 9.92. The van der Waals surface area contributed by atoms with Gasteiger partial charge in [-0.15, -0.1) is 0 Å². The van der Waals surface area contributed by atoms with Gasteiger partial charge in [-0.2, -0.15) is 4.31 Å². The van der Waals surface area contributed by atoms with Crippen LogP contribution >= 0.6 is 0 Å². The number of carbonyl (C=O) groups is 1. The predicted octanol–water partition coefficient (Wildman–Crippen LogP) is 3.37. The van der Waals surface area contributed by atoms with Crippen LogP contribution in [0, 0.1) is 20.8 Å². The van der Waals surface area contributed by atoms with E-state index in [1.54, 1.807) is 13.8 Å². The summed E-state index contributed by atoms with van der Waals surface area (Å²) in [5, 5.41) is 9.37. The minimum atomic E-state index is -3.81. The number of hydrogen-bond acceptors (Lipinski definition) is 3. The fourth-order valence-corrected chi connectivity index (χ4v) is 6.01. The lowest BCUT2D eigenvalue weighted by Crippen LogP contribution is -2.41. The highest BCUT2D eigenvalue weighted by atomic mass is 32.2. The van der Waals surface area contributed by atoms with Crippen molar-refractivity contribution in [3.05, 3.63) is 64.2 Å². The van der Waals surface area contributed by atoms with Crippen molar-refractivity contribution < 1.29 is 18.3 Å². The van der Waals surface area contributed by atoms with Crippen molar-refractivity contribution in [2.75, 3.05) is 6.54 Å². The number of hydrogen-bond donors (Lipinski definition) is 1. The molecule has 5 nitrogen and oxygen atoms in total. The number of rotatable bonds is 4. The van der Waals surface area contributed by atoms with Crippen molar-refractivity contribution in [2.45, 2.75) is 44.6 Å². The first-order valence-corrected chi connectivity index (χ1v) is 10.0. The summed E-state index contributed by atoms with van der Waals surface area (Å²) in [6, 6.07) is 10.5. The molecule has 138 valence electrons. The third-order valence-electron chi connectivity index (χ3n) is 4.90. The molecule has 2 aromatic rings. The van der Waals surface area contributed by atoms with Gasteiger partial charge in [-0.25, -0.2) is 8.42 Å². The number of aryl methyl sites for hydroxylation is 3. The van der Waals surface area contributed by atoms with Crippen LogP contribution in [0.25, 0.3) is 0 Å². The Labute approximate surface area is 154 Å². The third-order valence-corrected chi connectivity index (χ3v) is 7.12. The van der Waals surface area contributed by atoms with Crippen LogP contribution < -0.4 is 0 Å². The zero-order valence-corrected chi connectivity index (χ0v) is 16.0. The summed E-state index contributed by atoms with van der Waals surface area (Å²) in [7, 11) is -3.81. The van der Waals surface area contributed by atoms with Crippen molar-refractivity contribution in [3.8, 4) is 0 Å². The molecule has 0 saturated heterocycles. The maximum atomic E-state index is 13.5. The largest absolute Gasteiger partial charge is 0.481 e. The van der Waals surface area contributed by atoms with E-state index in [0.717, 1.165) is 16.7 Å². The van der Waals surface area contributed by atoms with Crippen LogP contribution in [-0.2, 0) is 21.2 Å². The molecular formula is C20H23NO4S. The quantitative estimate of drug-likeness (QED) is 0.892. The summed E-state index contributed by atoms with van der Waals surface area (Å²) >= 11 is 0. The van der Waals surface area contributed by atoms with Crippen molar-refractivity contribution >= 4 is 16.0 Å². The molecule has 0 fully saturated rings. The van der Waals surface area contributed by atoms with E-state index in [0.29, 0.717) is 17.5 Å². The predicted molar refractivity (Wildman–Crippen MR) is 99.7 cm³/mol. The molecule has 0 spiro atoms. The molecule has 1 aliphatic heterocycles. The molecule has 0 saturated carbocycles. The van der Waals surface area contributed by atoms with Crippen LogP contribution in [0.3, 0.4) is 0 Å². The van der Waals surface area contributed by atoms with E-state index in [4.69, 9.17) is 0 Å². The van der Waals surface area contributed by atoms with Crippen LogP contribution in [0.1, 0.15) is 40.3 Å². The van der Waals surface area contributed by atoms with Crippen LogP contribution in [0.2, 0.25) is 0 Å². The van der Waals surface area contributed by atoms with Gasteiger partial charge in [-0.05, 0) is 49.4 Å². The second-order valence-electron chi connectivity index (χ2n) is 6.91. The average molecular weight is 373 g/mol. The molecule has 0 amide bonds. The summed E-state index contributed by atoms with van der Waals surface area (Å²) in [6.45, 7) is 5.79. The molecule has 1 N–H and O–H groups in total. The minimum absolute atomic E-state index is 0.250. The summed E-state index contributed by atoms with van der Waals surface area (Å²) < 4.78 is 28.3. The zero-order chi connectivity index (χ0) is 19.1. The van der Waals surface area contributed by atoms with Gasteiger partial charge >= 0.3 is 5.97 Å². The number of aliphatic carboxylic acids is 1. The first kappa shape index (κ1) is 18.6. The number of benzene rings is 2. The Morgan fingerprint density at radius 3 is 2.38 bits per heavy atom. The highest BCUT2D eigenvalue weighted by Crippen LogP contribution is 2.37. The monoisotopic (exact) mass is 373 g/mol. The highest BCUT2D eigenvalue weighted by Gasteiger charge is 2.38. The molecular weight excluding hydrogens is 350 g/mol. The number of fused-ring (bicyclic) bond motifs is 1. The molecule has 0 aromatic heterocycles. The first-order chi connectivity index (χ1) is 12.2. The summed E-state index contributed by atoms with van der Waals surface area (Å²) in [5.41, 5.74) is 4.19. The van der Waals surface area contributed by atoms with E-state index in [9.17, 15) is 18.3 Å². The van der Waals surface area contributed by atoms with Crippen molar-refractivity contribution in [2.24, 2.45) is 0 Å². The van der Waals surface area contributed by atoms with Gasteiger partial charge in [0.1, 0.15) is 0 Å². The Morgan fingerprint density at radius 2 is 1.77 bits per heavy atom. The van der Waals surface area contributed by atoms with E-state index >= 15 is 0 Å². The Hall–Kier alpha value is -2.18. The normalized spacial score (nSPS) is 17.7. The number of sulfonamides is 1. The number of carboxylic acids is 1. The lowest BCUT2D eigenvalue weighted by molar-refractivity contribution is -0.138. The van der Waals surface area contributed by atoms with Crippen LogP contribution in [-0.4, -0.2) is 30.3 Å². The molecule has 2 aromatic carbocycles. The van der Waals surface area contributed by atoms with Crippen molar-refractivity contribution in [1.29, 1.82) is 0 Å². The van der Waals surface area contributed by atoms with E-state index in [-0.39, 0.29) is 17.9 Å². The Kier molecular flexibility index (Phi) is 4.90. The van der Waals surface area contributed by atoms with E-state index in [1.807, 2.05) is 43.3 Å². The van der Waals surface area contributed by atoms with E-state index in [1.165, 1.54) is 4.31 Å². The lowest BCUT2D eigenvalue weighted by Gasteiger charge is -2.36. The Morgan fingerprint density at radius 1 is 1.15 bits per heavy atom. The topological polar surface area (TPSA) is 74.7 Å². The Balaban J connectivity index is 2.14. The second-order valence-corrected chi connectivity index (χ2v) is 8.73. The molecule has 1 aliphatic rings. The van der Waals surface area contributed by atoms with Gasteiger partial charge < -0.3 is 5.11 Å². The molecule has 3 rings (SSSR count). The summed E-state index contributed by atoms with van der Waals surface area (Å²) in [6.07, 6.45) is 0.329. The SMILES string of the molecule is Cc1cc(C)c(S(=O)(=O)N2CCc3ccccc3[C@H]2CC(=O)O)c(C)c1. The first-order valence-electron chi connectivity index (χ1n) is 8.61. The number of nitrogens with zero attached hydrogens (tertiary/aromatic N) is 1. The van der Waals surface area contributed by atoms with Gasteiger partial charge in [0.15, 0.2) is 0 Å². The zero-order valence-electron chi connectivity index (χ0n) is 15.2. The molecule has 26 heavy (non-hydrogen) atoms. The molecule has 1 heterocycles. The Bertz CT molecular complexity index is 943. The summed E-state index contributed by atoms with van der Waals surface area (Å²) in [5.74, 6) is -1.01. The molecule has 0 unspecified atom stereocenters. The van der Waals surface area contributed by atoms with Gasteiger partial charge in [0, 0.05) is 6.54 Å². The standard InChI is InChI=1S/C20H23NO4S/c1-13-10-14(2)20(15(3)11-13)26(24,25)21-9-8-16-6-4-5-7-17(16)18(21)12-19(22)23/h4-7,10-11,18H,8-9,12H2,1-3H3,(H,22,23)/t18-/m1/s1. The molecule has 0 aliphatic carbocycles.